The normalized spacial score (nSPS) is 10.3. The minimum Gasteiger partial charge on any atom is -0.424 e. The van der Waals surface area contributed by atoms with E-state index in [9.17, 15) is 9.59 Å². The van der Waals surface area contributed by atoms with Crippen LogP contribution in [0.2, 0.25) is 5.15 Å². The monoisotopic (exact) mass is 264 g/mol. The number of aromatic nitrogens is 1. The Morgan fingerprint density at radius 1 is 1.28 bits per heavy atom. The summed E-state index contributed by atoms with van der Waals surface area (Å²) in [5.74, 6) is -1.33. The summed E-state index contributed by atoms with van der Waals surface area (Å²) >= 11 is 5.96. The Bertz CT molecular complexity index is 655. The molecular formula is C12H9ClN2O3. The summed E-state index contributed by atoms with van der Waals surface area (Å²) < 4.78 is 5.01. The van der Waals surface area contributed by atoms with E-state index in [1.807, 2.05) is 0 Å². The number of primary amides is 1. The Morgan fingerprint density at radius 2 is 1.89 bits per heavy atom. The molecular weight excluding hydrogens is 256 g/mol. The molecule has 6 heteroatoms. The summed E-state index contributed by atoms with van der Waals surface area (Å²) in [5.41, 5.74) is 5.04. The van der Waals surface area contributed by atoms with Crippen LogP contribution >= 0.6 is 11.6 Å². The molecule has 0 atom stereocenters. The van der Waals surface area contributed by atoms with Gasteiger partial charge >= 0.3 is 5.97 Å². The van der Waals surface area contributed by atoms with Gasteiger partial charge in [-0.2, -0.15) is 0 Å². The fraction of sp³-hybridized carbons (Fsp3) is 0.0833. The maximum absolute atomic E-state index is 11.3. The van der Waals surface area contributed by atoms with Crippen molar-refractivity contribution >= 4 is 34.2 Å². The number of rotatable bonds is 2. The van der Waals surface area contributed by atoms with Gasteiger partial charge in [0.1, 0.15) is 5.15 Å². The predicted octanol–water partition coefficient (Wildman–Crippen LogP) is 1.91. The van der Waals surface area contributed by atoms with Gasteiger partial charge in [-0.05, 0) is 0 Å². The van der Waals surface area contributed by atoms with Crippen molar-refractivity contribution in [3.05, 3.63) is 35.1 Å². The van der Waals surface area contributed by atoms with Crippen LogP contribution in [0.3, 0.4) is 0 Å². The molecule has 0 saturated carbocycles. The Labute approximate surface area is 108 Å². The van der Waals surface area contributed by atoms with Gasteiger partial charge in [0.15, 0.2) is 11.4 Å². The van der Waals surface area contributed by atoms with Gasteiger partial charge in [-0.3, -0.25) is 9.59 Å². The number of hydrogen-bond acceptors (Lipinski definition) is 4. The standard InChI is InChI=1S/C12H9ClN2O3/c1-6(16)18-10-7-4-2-3-5-8(7)11(13)15-9(10)12(14)17/h2-5H,1H3,(H2,14,17). The van der Waals surface area contributed by atoms with E-state index in [0.29, 0.717) is 10.8 Å². The number of halogens is 1. The summed E-state index contributed by atoms with van der Waals surface area (Å²) in [5, 5.41) is 1.23. The number of esters is 1. The second-order valence-corrected chi connectivity index (χ2v) is 3.94. The summed E-state index contributed by atoms with van der Waals surface area (Å²) in [6, 6.07) is 6.88. The third-order valence-corrected chi connectivity index (χ3v) is 2.59. The van der Waals surface area contributed by atoms with E-state index >= 15 is 0 Å². The zero-order valence-corrected chi connectivity index (χ0v) is 10.2. The second-order valence-electron chi connectivity index (χ2n) is 3.58. The lowest BCUT2D eigenvalue weighted by atomic mass is 10.1. The van der Waals surface area contributed by atoms with Crippen LogP contribution in [0.15, 0.2) is 24.3 Å². The van der Waals surface area contributed by atoms with Crippen LogP contribution in [-0.4, -0.2) is 16.9 Å². The first kappa shape index (κ1) is 12.3. The van der Waals surface area contributed by atoms with E-state index in [1.54, 1.807) is 24.3 Å². The van der Waals surface area contributed by atoms with Gasteiger partial charge in [-0.1, -0.05) is 35.9 Å². The summed E-state index contributed by atoms with van der Waals surface area (Å²) in [6.45, 7) is 1.23. The van der Waals surface area contributed by atoms with Crippen molar-refractivity contribution in [2.24, 2.45) is 5.73 Å². The molecule has 0 aliphatic heterocycles. The maximum Gasteiger partial charge on any atom is 0.308 e. The first-order valence-electron chi connectivity index (χ1n) is 5.07. The largest absolute Gasteiger partial charge is 0.424 e. The number of fused-ring (bicyclic) bond motifs is 1. The first-order chi connectivity index (χ1) is 8.50. The van der Waals surface area contributed by atoms with Gasteiger partial charge in [0.2, 0.25) is 0 Å². The number of carbonyl (C=O) groups excluding carboxylic acids is 2. The van der Waals surface area contributed by atoms with Crippen molar-refractivity contribution in [1.82, 2.24) is 4.98 Å². The molecule has 0 radical (unpaired) electrons. The molecule has 5 nitrogen and oxygen atoms in total. The van der Waals surface area contributed by atoms with Crippen LogP contribution in [0.25, 0.3) is 10.8 Å². The molecule has 1 heterocycles. The predicted molar refractivity (Wildman–Crippen MR) is 66.6 cm³/mol. The molecule has 0 bridgehead atoms. The fourth-order valence-electron chi connectivity index (χ4n) is 1.61. The summed E-state index contributed by atoms with van der Waals surface area (Å²) in [6.07, 6.45) is 0. The third kappa shape index (κ3) is 2.12. The molecule has 2 aromatic rings. The Balaban J connectivity index is 2.83. The first-order valence-corrected chi connectivity index (χ1v) is 5.45. The number of nitrogens with zero attached hydrogens (tertiary/aromatic N) is 1. The lowest BCUT2D eigenvalue weighted by molar-refractivity contribution is -0.131. The SMILES string of the molecule is CC(=O)Oc1c(C(N)=O)nc(Cl)c2ccccc12. The Hall–Kier alpha value is -2.14. The minimum absolute atomic E-state index is 0.0370. The van der Waals surface area contributed by atoms with Gasteiger partial charge in [0.05, 0.1) is 0 Å². The van der Waals surface area contributed by atoms with Crippen LogP contribution in [0.1, 0.15) is 17.4 Å². The second kappa shape index (κ2) is 4.62. The quantitative estimate of drug-likeness (QED) is 0.663. The summed E-state index contributed by atoms with van der Waals surface area (Å²) in [7, 11) is 0. The number of nitrogens with two attached hydrogens (primary N) is 1. The van der Waals surface area contributed by atoms with E-state index in [2.05, 4.69) is 4.98 Å². The lowest BCUT2D eigenvalue weighted by Gasteiger charge is -2.10. The molecule has 1 aromatic carbocycles. The highest BCUT2D eigenvalue weighted by molar-refractivity contribution is 6.35. The average molecular weight is 265 g/mol. The Kier molecular flexibility index (Phi) is 3.16. The van der Waals surface area contributed by atoms with Crippen molar-refractivity contribution in [3.8, 4) is 5.75 Å². The molecule has 0 unspecified atom stereocenters. The highest BCUT2D eigenvalue weighted by Gasteiger charge is 2.19. The number of ether oxygens (including phenoxy) is 1. The zero-order chi connectivity index (χ0) is 13.3. The molecule has 2 N–H and O–H groups in total. The van der Waals surface area contributed by atoms with E-state index in [0.717, 1.165) is 0 Å². The van der Waals surface area contributed by atoms with Crippen LogP contribution in [0.4, 0.5) is 0 Å². The van der Waals surface area contributed by atoms with Gasteiger partial charge in [0.25, 0.3) is 5.91 Å². The third-order valence-electron chi connectivity index (χ3n) is 2.30. The van der Waals surface area contributed by atoms with Gasteiger partial charge < -0.3 is 10.5 Å². The van der Waals surface area contributed by atoms with Crippen molar-refractivity contribution in [2.45, 2.75) is 6.92 Å². The molecule has 0 spiro atoms. The molecule has 92 valence electrons. The van der Waals surface area contributed by atoms with Crippen molar-refractivity contribution < 1.29 is 14.3 Å². The topological polar surface area (TPSA) is 82.3 Å². The number of hydrogen-bond donors (Lipinski definition) is 1. The summed E-state index contributed by atoms with van der Waals surface area (Å²) in [4.78, 5) is 26.3. The van der Waals surface area contributed by atoms with E-state index in [1.165, 1.54) is 6.92 Å². The average Bonchev–Trinajstić information content (AvgIpc) is 2.32. The molecule has 0 aliphatic rings. The van der Waals surface area contributed by atoms with Crippen LogP contribution in [0, 0.1) is 0 Å². The smallest absolute Gasteiger partial charge is 0.308 e. The van der Waals surface area contributed by atoms with Crippen molar-refractivity contribution in [2.75, 3.05) is 0 Å². The number of benzene rings is 1. The van der Waals surface area contributed by atoms with E-state index < -0.39 is 11.9 Å². The minimum atomic E-state index is -0.807. The van der Waals surface area contributed by atoms with Crippen molar-refractivity contribution in [1.29, 1.82) is 0 Å². The molecule has 2 rings (SSSR count). The molecule has 0 saturated heterocycles. The van der Waals surface area contributed by atoms with Crippen LogP contribution < -0.4 is 10.5 Å². The van der Waals surface area contributed by atoms with Gasteiger partial charge in [-0.25, -0.2) is 4.98 Å². The fourth-order valence-corrected chi connectivity index (χ4v) is 1.86. The maximum atomic E-state index is 11.3. The van der Waals surface area contributed by atoms with Crippen LogP contribution in [-0.2, 0) is 4.79 Å². The molecule has 0 fully saturated rings. The van der Waals surface area contributed by atoms with Gasteiger partial charge in [-0.15, -0.1) is 0 Å². The van der Waals surface area contributed by atoms with E-state index in [-0.39, 0.29) is 16.6 Å². The van der Waals surface area contributed by atoms with E-state index in [4.69, 9.17) is 22.1 Å². The number of amides is 1. The Morgan fingerprint density at radius 3 is 2.44 bits per heavy atom. The number of pyridine rings is 1. The van der Waals surface area contributed by atoms with Crippen LogP contribution in [0.5, 0.6) is 5.75 Å². The molecule has 1 aromatic heterocycles. The van der Waals surface area contributed by atoms with Gasteiger partial charge in [0, 0.05) is 17.7 Å². The highest BCUT2D eigenvalue weighted by Crippen LogP contribution is 2.32. The molecule has 0 aliphatic carbocycles. The molecule has 1 amide bonds. The number of carbonyl (C=O) groups is 2. The zero-order valence-electron chi connectivity index (χ0n) is 9.44. The van der Waals surface area contributed by atoms with Crippen molar-refractivity contribution in [3.63, 3.8) is 0 Å². The molecule has 18 heavy (non-hydrogen) atoms. The highest BCUT2D eigenvalue weighted by atomic mass is 35.5. The lowest BCUT2D eigenvalue weighted by Crippen LogP contribution is -2.17.